The zero-order valence-corrected chi connectivity index (χ0v) is 18.0. The van der Waals surface area contributed by atoms with Crippen molar-refractivity contribution in [2.45, 2.75) is 16.5 Å². The summed E-state index contributed by atoms with van der Waals surface area (Å²) in [5.41, 5.74) is 0.551. The summed E-state index contributed by atoms with van der Waals surface area (Å²) in [6, 6.07) is 11.1. The van der Waals surface area contributed by atoms with Crippen LogP contribution < -0.4 is 10.6 Å². The predicted octanol–water partition coefficient (Wildman–Crippen LogP) is 4.41. The minimum absolute atomic E-state index is 0.166. The fourth-order valence-corrected chi connectivity index (χ4v) is 4.83. The fraction of sp³-hybridized carbons (Fsp3) is 0.176. The van der Waals surface area contributed by atoms with E-state index in [2.05, 4.69) is 42.8 Å². The SMILES string of the molecule is O=C(CCNC(=O)c1ccc(Br)cc1)Nc1nnc(SCc2cccs2)s1. The molecular weight excluding hydrogens is 468 g/mol. The summed E-state index contributed by atoms with van der Waals surface area (Å²) in [6.07, 6.45) is 0.166. The number of nitrogens with zero attached hydrogens (tertiary/aromatic N) is 2. The van der Waals surface area contributed by atoms with E-state index >= 15 is 0 Å². The minimum atomic E-state index is -0.211. The van der Waals surface area contributed by atoms with Crippen molar-refractivity contribution < 1.29 is 9.59 Å². The molecule has 27 heavy (non-hydrogen) atoms. The standard InChI is InChI=1S/C17H15BrN4O2S3/c18-12-5-3-11(4-6-12)15(24)19-8-7-14(23)20-16-21-22-17(27-16)26-10-13-2-1-9-25-13/h1-6,9H,7-8,10H2,(H,19,24)(H,20,21,23). The highest BCUT2D eigenvalue weighted by Crippen LogP contribution is 2.29. The molecule has 0 spiro atoms. The Morgan fingerprint density at radius 2 is 1.96 bits per heavy atom. The molecule has 6 nitrogen and oxygen atoms in total. The Morgan fingerprint density at radius 1 is 1.15 bits per heavy atom. The van der Waals surface area contributed by atoms with Crippen LogP contribution in [0.1, 0.15) is 21.7 Å². The van der Waals surface area contributed by atoms with Crippen molar-refractivity contribution in [3.63, 3.8) is 0 Å². The molecule has 140 valence electrons. The van der Waals surface area contributed by atoms with Gasteiger partial charge in [-0.3, -0.25) is 9.59 Å². The molecule has 0 saturated heterocycles. The summed E-state index contributed by atoms with van der Waals surface area (Å²) in [4.78, 5) is 25.2. The van der Waals surface area contributed by atoms with Crippen LogP contribution in [0, 0.1) is 0 Å². The zero-order valence-electron chi connectivity index (χ0n) is 14.0. The lowest BCUT2D eigenvalue weighted by molar-refractivity contribution is -0.116. The maximum absolute atomic E-state index is 12.0. The number of thiophene rings is 1. The van der Waals surface area contributed by atoms with E-state index < -0.39 is 0 Å². The van der Waals surface area contributed by atoms with Gasteiger partial charge in [0, 0.05) is 33.6 Å². The van der Waals surface area contributed by atoms with E-state index in [4.69, 9.17) is 0 Å². The van der Waals surface area contributed by atoms with E-state index in [0.717, 1.165) is 14.6 Å². The van der Waals surface area contributed by atoms with Crippen LogP contribution in [0.4, 0.5) is 5.13 Å². The summed E-state index contributed by atoms with van der Waals surface area (Å²) in [6.45, 7) is 0.250. The third-order valence-corrected chi connectivity index (χ3v) is 6.92. The number of halogens is 1. The van der Waals surface area contributed by atoms with Crippen molar-refractivity contribution in [1.82, 2.24) is 15.5 Å². The molecule has 10 heteroatoms. The maximum Gasteiger partial charge on any atom is 0.251 e. The molecule has 0 aliphatic carbocycles. The van der Waals surface area contributed by atoms with E-state index in [1.54, 1.807) is 47.4 Å². The Hall–Kier alpha value is -1.75. The van der Waals surface area contributed by atoms with Gasteiger partial charge in [0.1, 0.15) is 0 Å². The topological polar surface area (TPSA) is 84.0 Å². The van der Waals surface area contributed by atoms with Crippen molar-refractivity contribution in [2.75, 3.05) is 11.9 Å². The summed E-state index contributed by atoms with van der Waals surface area (Å²) < 4.78 is 1.71. The lowest BCUT2D eigenvalue weighted by atomic mass is 10.2. The highest BCUT2D eigenvalue weighted by Gasteiger charge is 2.10. The van der Waals surface area contributed by atoms with Gasteiger partial charge in [0.25, 0.3) is 5.91 Å². The third-order valence-electron chi connectivity index (χ3n) is 3.31. The highest BCUT2D eigenvalue weighted by molar-refractivity contribution is 9.10. The van der Waals surface area contributed by atoms with Crippen LogP contribution in [-0.4, -0.2) is 28.6 Å². The number of hydrogen-bond donors (Lipinski definition) is 2. The van der Waals surface area contributed by atoms with Crippen LogP contribution in [0.25, 0.3) is 0 Å². The van der Waals surface area contributed by atoms with Crippen LogP contribution >= 0.6 is 50.4 Å². The molecular formula is C17H15BrN4O2S3. The Morgan fingerprint density at radius 3 is 2.70 bits per heavy atom. The van der Waals surface area contributed by atoms with E-state index in [1.807, 2.05) is 11.4 Å². The third kappa shape index (κ3) is 6.42. The Kier molecular flexibility index (Phi) is 7.39. The number of rotatable bonds is 8. The number of aromatic nitrogens is 2. The van der Waals surface area contributed by atoms with Gasteiger partial charge in [-0.25, -0.2) is 0 Å². The molecule has 2 aromatic heterocycles. The average molecular weight is 483 g/mol. The second-order valence-corrected chi connectivity index (χ2v) is 9.45. The Balaban J connectivity index is 1.39. The number of carbonyl (C=O) groups is 2. The van der Waals surface area contributed by atoms with Gasteiger partial charge >= 0.3 is 0 Å². The first kappa shape index (κ1) is 20.0. The second-order valence-electron chi connectivity index (χ2n) is 5.30. The predicted molar refractivity (Wildman–Crippen MR) is 114 cm³/mol. The summed E-state index contributed by atoms with van der Waals surface area (Å²) >= 11 is 7.96. The van der Waals surface area contributed by atoms with E-state index in [1.165, 1.54) is 16.2 Å². The summed E-state index contributed by atoms with van der Waals surface area (Å²) in [7, 11) is 0. The number of benzene rings is 1. The molecule has 0 aliphatic rings. The molecule has 0 bridgehead atoms. The zero-order chi connectivity index (χ0) is 19.1. The molecule has 2 N–H and O–H groups in total. The van der Waals surface area contributed by atoms with Gasteiger partial charge in [0.15, 0.2) is 4.34 Å². The van der Waals surface area contributed by atoms with E-state index in [0.29, 0.717) is 10.7 Å². The monoisotopic (exact) mass is 482 g/mol. The van der Waals surface area contributed by atoms with E-state index in [-0.39, 0.29) is 24.8 Å². The largest absolute Gasteiger partial charge is 0.352 e. The molecule has 0 aliphatic heterocycles. The van der Waals surface area contributed by atoms with Gasteiger partial charge in [-0.2, -0.15) is 0 Å². The molecule has 0 atom stereocenters. The van der Waals surface area contributed by atoms with Gasteiger partial charge in [0.05, 0.1) is 0 Å². The number of carbonyl (C=O) groups excluding carboxylic acids is 2. The van der Waals surface area contributed by atoms with Crippen LogP contribution in [0.5, 0.6) is 0 Å². The molecule has 3 aromatic rings. The van der Waals surface area contributed by atoms with Crippen molar-refractivity contribution >= 4 is 67.3 Å². The van der Waals surface area contributed by atoms with Crippen molar-refractivity contribution in [3.05, 3.63) is 56.7 Å². The normalized spacial score (nSPS) is 10.6. The van der Waals surface area contributed by atoms with Crippen molar-refractivity contribution in [1.29, 1.82) is 0 Å². The Bertz CT molecular complexity index is 897. The van der Waals surface area contributed by atoms with Gasteiger partial charge in [-0.15, -0.1) is 21.5 Å². The van der Waals surface area contributed by atoms with Crippen LogP contribution in [0.15, 0.2) is 50.6 Å². The van der Waals surface area contributed by atoms with Crippen LogP contribution in [0.3, 0.4) is 0 Å². The first-order valence-electron chi connectivity index (χ1n) is 7.92. The van der Waals surface area contributed by atoms with Crippen molar-refractivity contribution in [3.8, 4) is 0 Å². The highest BCUT2D eigenvalue weighted by atomic mass is 79.9. The van der Waals surface area contributed by atoms with E-state index in [9.17, 15) is 9.59 Å². The fourth-order valence-electron chi connectivity index (χ4n) is 2.02. The van der Waals surface area contributed by atoms with Crippen LogP contribution in [0.2, 0.25) is 0 Å². The molecule has 1 aromatic carbocycles. The first-order chi connectivity index (χ1) is 13.1. The molecule has 0 fully saturated rings. The number of anilines is 1. The molecule has 0 saturated carbocycles. The van der Waals surface area contributed by atoms with Crippen molar-refractivity contribution in [2.24, 2.45) is 0 Å². The molecule has 2 amide bonds. The molecule has 0 radical (unpaired) electrons. The molecule has 3 rings (SSSR count). The number of thioether (sulfide) groups is 1. The maximum atomic E-state index is 12.0. The summed E-state index contributed by atoms with van der Waals surface area (Å²) in [5, 5.41) is 16.0. The second kappa shape index (κ2) is 9.98. The summed E-state index contributed by atoms with van der Waals surface area (Å²) in [5.74, 6) is 0.415. The molecule has 0 unspecified atom stereocenters. The average Bonchev–Trinajstić information content (AvgIpc) is 3.32. The molecule has 2 heterocycles. The Labute approximate surface area is 176 Å². The lowest BCUT2D eigenvalue weighted by Gasteiger charge is -2.05. The van der Waals surface area contributed by atoms with Gasteiger partial charge in [-0.05, 0) is 35.7 Å². The quantitative estimate of drug-likeness (QED) is 0.366. The van der Waals surface area contributed by atoms with Gasteiger partial charge in [-0.1, -0.05) is 45.1 Å². The smallest absolute Gasteiger partial charge is 0.251 e. The van der Waals surface area contributed by atoms with Gasteiger partial charge in [0.2, 0.25) is 11.0 Å². The van der Waals surface area contributed by atoms with Crippen LogP contribution in [-0.2, 0) is 10.5 Å². The van der Waals surface area contributed by atoms with Gasteiger partial charge < -0.3 is 10.6 Å². The number of hydrogen-bond acceptors (Lipinski definition) is 7. The lowest BCUT2D eigenvalue weighted by Crippen LogP contribution is -2.27. The number of amides is 2. The number of nitrogens with one attached hydrogen (secondary N) is 2. The minimum Gasteiger partial charge on any atom is -0.352 e. The first-order valence-corrected chi connectivity index (χ1v) is 11.4.